The molecule has 2 heterocycles. The highest BCUT2D eigenvalue weighted by atomic mass is 35.5. The summed E-state index contributed by atoms with van der Waals surface area (Å²) in [5.74, 6) is 1.92. The van der Waals surface area contributed by atoms with Crippen LogP contribution in [-0.2, 0) is 0 Å². The van der Waals surface area contributed by atoms with E-state index >= 15 is 0 Å². The van der Waals surface area contributed by atoms with E-state index in [0.717, 1.165) is 32.5 Å². The number of hydrogen-bond acceptors (Lipinski definition) is 4. The molecule has 1 aromatic carbocycles. The third-order valence-electron chi connectivity index (χ3n) is 3.58. The van der Waals surface area contributed by atoms with Crippen molar-refractivity contribution >= 4 is 22.9 Å². The first kappa shape index (κ1) is 14.7. The Morgan fingerprint density at radius 3 is 2.67 bits per heavy atom. The fourth-order valence-corrected chi connectivity index (χ4v) is 3.61. The first-order valence-electron chi connectivity index (χ1n) is 6.95. The van der Waals surface area contributed by atoms with E-state index in [1.54, 1.807) is 11.3 Å². The van der Waals surface area contributed by atoms with E-state index in [1.165, 1.54) is 0 Å². The summed E-state index contributed by atoms with van der Waals surface area (Å²) in [5.41, 5.74) is 8.41. The molecule has 3 nitrogen and oxygen atoms in total. The molecule has 2 aromatic rings. The molecule has 0 amide bonds. The summed E-state index contributed by atoms with van der Waals surface area (Å²) in [7, 11) is 0. The number of fused-ring (bicyclic) bond motifs is 1. The summed E-state index contributed by atoms with van der Waals surface area (Å²) in [4.78, 5) is 0.983. The van der Waals surface area contributed by atoms with Gasteiger partial charge in [0.1, 0.15) is 0 Å². The second kappa shape index (κ2) is 5.87. The Hall–Kier alpha value is -1.23. The monoisotopic (exact) mass is 323 g/mol. The zero-order valence-corrected chi connectivity index (χ0v) is 13.6. The topological polar surface area (TPSA) is 44.5 Å². The number of hydrogen-bond donors (Lipinski definition) is 1. The van der Waals surface area contributed by atoms with Crippen molar-refractivity contribution in [2.75, 3.05) is 13.2 Å². The molecule has 1 aromatic heterocycles. The second-order valence-corrected chi connectivity index (χ2v) is 6.80. The smallest absolute Gasteiger partial charge is 0.161 e. The summed E-state index contributed by atoms with van der Waals surface area (Å²) in [5, 5.41) is 2.79. The molecule has 2 unspecified atom stereocenters. The molecule has 0 fully saturated rings. The Morgan fingerprint density at radius 2 is 2.00 bits per heavy atom. The van der Waals surface area contributed by atoms with Crippen molar-refractivity contribution in [2.24, 2.45) is 11.7 Å². The summed E-state index contributed by atoms with van der Waals surface area (Å²) < 4.78 is 11.6. The summed E-state index contributed by atoms with van der Waals surface area (Å²) in [6.45, 7) is 5.43. The van der Waals surface area contributed by atoms with Gasteiger partial charge in [-0.1, -0.05) is 24.6 Å². The van der Waals surface area contributed by atoms with Gasteiger partial charge in [0.25, 0.3) is 0 Å². The molecule has 2 atom stereocenters. The van der Waals surface area contributed by atoms with Crippen molar-refractivity contribution in [1.82, 2.24) is 0 Å². The lowest BCUT2D eigenvalue weighted by Crippen LogP contribution is -2.12. The van der Waals surface area contributed by atoms with Crippen LogP contribution < -0.4 is 15.2 Å². The Morgan fingerprint density at radius 1 is 1.29 bits per heavy atom. The number of rotatable bonds is 2. The van der Waals surface area contributed by atoms with E-state index in [-0.39, 0.29) is 6.04 Å². The number of halogens is 1. The SMILES string of the molecule is Cc1csc(C(N)c2ccc3c(c2)OCC(C)CO3)c1Cl. The maximum atomic E-state index is 6.36. The number of aryl methyl sites for hydroxylation is 1. The molecular weight excluding hydrogens is 306 g/mol. The van der Waals surface area contributed by atoms with Crippen LogP contribution in [0, 0.1) is 12.8 Å². The first-order chi connectivity index (χ1) is 10.1. The predicted molar refractivity (Wildman–Crippen MR) is 86.7 cm³/mol. The number of benzene rings is 1. The number of ether oxygens (including phenoxy) is 2. The van der Waals surface area contributed by atoms with E-state index in [0.29, 0.717) is 19.1 Å². The largest absolute Gasteiger partial charge is 0.489 e. The minimum Gasteiger partial charge on any atom is -0.489 e. The highest BCUT2D eigenvalue weighted by Gasteiger charge is 2.20. The first-order valence-corrected chi connectivity index (χ1v) is 8.20. The van der Waals surface area contributed by atoms with Crippen LogP contribution in [0.5, 0.6) is 11.5 Å². The van der Waals surface area contributed by atoms with Crippen molar-refractivity contribution in [1.29, 1.82) is 0 Å². The fraction of sp³-hybridized carbons (Fsp3) is 0.375. The lowest BCUT2D eigenvalue weighted by molar-refractivity contribution is 0.228. The molecule has 5 heteroatoms. The van der Waals surface area contributed by atoms with E-state index in [2.05, 4.69) is 6.92 Å². The highest BCUT2D eigenvalue weighted by Crippen LogP contribution is 2.38. The predicted octanol–water partition coefficient (Wildman–Crippen LogP) is 4.17. The summed E-state index contributed by atoms with van der Waals surface area (Å²) >= 11 is 7.91. The van der Waals surface area contributed by atoms with Gasteiger partial charge < -0.3 is 15.2 Å². The molecule has 0 bridgehead atoms. The molecule has 112 valence electrons. The molecule has 2 N–H and O–H groups in total. The second-order valence-electron chi connectivity index (χ2n) is 5.51. The Bertz CT molecular complexity index is 656. The maximum Gasteiger partial charge on any atom is 0.161 e. The normalized spacial score (nSPS) is 19.1. The summed E-state index contributed by atoms with van der Waals surface area (Å²) in [6.07, 6.45) is 0. The quantitative estimate of drug-likeness (QED) is 0.902. The van der Waals surface area contributed by atoms with Gasteiger partial charge in [-0.05, 0) is 35.6 Å². The van der Waals surface area contributed by atoms with Crippen molar-refractivity contribution in [2.45, 2.75) is 19.9 Å². The number of thiophene rings is 1. The van der Waals surface area contributed by atoms with Gasteiger partial charge in [0.15, 0.2) is 11.5 Å². The lowest BCUT2D eigenvalue weighted by Gasteiger charge is -2.14. The van der Waals surface area contributed by atoms with Gasteiger partial charge in [-0.25, -0.2) is 0 Å². The molecule has 1 aliphatic rings. The van der Waals surface area contributed by atoms with E-state index in [1.807, 2.05) is 30.5 Å². The van der Waals surface area contributed by atoms with Crippen molar-refractivity contribution in [3.63, 3.8) is 0 Å². The van der Waals surface area contributed by atoms with Gasteiger partial charge in [-0.15, -0.1) is 11.3 Å². The van der Waals surface area contributed by atoms with Gasteiger partial charge in [0, 0.05) is 10.8 Å². The Kier molecular flexibility index (Phi) is 4.11. The molecule has 0 saturated carbocycles. The van der Waals surface area contributed by atoms with Crippen LogP contribution in [-0.4, -0.2) is 13.2 Å². The van der Waals surface area contributed by atoms with E-state index < -0.39 is 0 Å². The summed E-state index contributed by atoms with van der Waals surface area (Å²) in [6, 6.07) is 5.62. The average molecular weight is 324 g/mol. The van der Waals surface area contributed by atoms with Crippen LogP contribution in [0.2, 0.25) is 5.02 Å². The van der Waals surface area contributed by atoms with Crippen LogP contribution in [0.1, 0.15) is 29.0 Å². The van der Waals surface area contributed by atoms with Gasteiger partial charge >= 0.3 is 0 Å². The average Bonchev–Trinajstić information content (AvgIpc) is 2.71. The van der Waals surface area contributed by atoms with Crippen LogP contribution in [0.25, 0.3) is 0 Å². The minimum atomic E-state index is -0.245. The zero-order chi connectivity index (χ0) is 15.0. The van der Waals surface area contributed by atoms with Crippen LogP contribution in [0.4, 0.5) is 0 Å². The van der Waals surface area contributed by atoms with Gasteiger partial charge in [0.05, 0.1) is 24.3 Å². The Balaban J connectivity index is 1.92. The maximum absolute atomic E-state index is 6.36. The van der Waals surface area contributed by atoms with Gasteiger partial charge in [-0.3, -0.25) is 0 Å². The van der Waals surface area contributed by atoms with Crippen molar-refractivity contribution < 1.29 is 9.47 Å². The number of nitrogens with two attached hydrogens (primary N) is 1. The van der Waals surface area contributed by atoms with Gasteiger partial charge in [0.2, 0.25) is 0 Å². The molecule has 0 saturated heterocycles. The van der Waals surface area contributed by atoms with E-state index in [9.17, 15) is 0 Å². The third kappa shape index (κ3) is 2.89. The molecule has 1 aliphatic heterocycles. The molecule has 21 heavy (non-hydrogen) atoms. The van der Waals surface area contributed by atoms with E-state index in [4.69, 9.17) is 26.8 Å². The standard InChI is InChI=1S/C16H18ClNO2S/c1-9-6-19-12-4-3-11(5-13(12)20-7-9)15(18)16-14(17)10(2)8-21-16/h3-5,8-9,15H,6-7,18H2,1-2H3. The zero-order valence-electron chi connectivity index (χ0n) is 12.1. The van der Waals surface area contributed by atoms with Crippen LogP contribution >= 0.6 is 22.9 Å². The lowest BCUT2D eigenvalue weighted by atomic mass is 10.0. The Labute approximate surface area is 133 Å². The minimum absolute atomic E-state index is 0.245. The molecule has 0 spiro atoms. The van der Waals surface area contributed by atoms with Crippen molar-refractivity contribution in [3.8, 4) is 11.5 Å². The molecule has 0 radical (unpaired) electrons. The van der Waals surface area contributed by atoms with Gasteiger partial charge in [-0.2, -0.15) is 0 Å². The molecule has 0 aliphatic carbocycles. The fourth-order valence-electron chi connectivity index (χ4n) is 2.27. The molecular formula is C16H18ClNO2S. The third-order valence-corrected chi connectivity index (χ3v) is 5.38. The van der Waals surface area contributed by atoms with Crippen LogP contribution in [0.15, 0.2) is 23.6 Å². The molecule has 3 rings (SSSR count). The highest BCUT2D eigenvalue weighted by molar-refractivity contribution is 7.10. The van der Waals surface area contributed by atoms with Crippen LogP contribution in [0.3, 0.4) is 0 Å². The van der Waals surface area contributed by atoms with Crippen molar-refractivity contribution in [3.05, 3.63) is 44.6 Å².